The third kappa shape index (κ3) is 1.72. The first-order chi connectivity index (χ1) is 5.38. The summed E-state index contributed by atoms with van der Waals surface area (Å²) >= 11 is 0. The maximum Gasteiger partial charge on any atom is 0.176 e. The Morgan fingerprint density at radius 3 is 3.09 bits per heavy atom. The number of hydrogen-bond acceptors (Lipinski definition) is 5. The van der Waals surface area contributed by atoms with E-state index >= 15 is 0 Å². The molecule has 0 bridgehead atoms. The van der Waals surface area contributed by atoms with Gasteiger partial charge in [-0.25, -0.2) is 4.68 Å². The predicted octanol–water partition coefficient (Wildman–Crippen LogP) is -0.921. The number of rotatable bonds is 3. The van der Waals surface area contributed by atoms with Gasteiger partial charge in [0.1, 0.15) is 6.61 Å². The highest BCUT2D eigenvalue weighted by Gasteiger charge is 2.01. The van der Waals surface area contributed by atoms with Gasteiger partial charge in [-0.1, -0.05) is 0 Å². The standard InChI is InChI=1S/C5H7N5O/c6-2-1-3-10-5(4-11)7-8-9-10/h11H,1,3-4H2. The summed E-state index contributed by atoms with van der Waals surface area (Å²) in [5.41, 5.74) is 0. The van der Waals surface area contributed by atoms with Gasteiger partial charge < -0.3 is 5.11 Å². The van der Waals surface area contributed by atoms with E-state index in [0.717, 1.165) is 0 Å². The first-order valence-electron chi connectivity index (χ1n) is 3.11. The third-order valence-electron chi connectivity index (χ3n) is 1.18. The van der Waals surface area contributed by atoms with Gasteiger partial charge in [0, 0.05) is 0 Å². The van der Waals surface area contributed by atoms with Crippen molar-refractivity contribution in [2.24, 2.45) is 0 Å². The molecular weight excluding hydrogens is 146 g/mol. The zero-order valence-corrected chi connectivity index (χ0v) is 5.80. The summed E-state index contributed by atoms with van der Waals surface area (Å²) in [6, 6.07) is 1.96. The van der Waals surface area contributed by atoms with E-state index in [4.69, 9.17) is 10.4 Å². The summed E-state index contributed by atoms with van der Waals surface area (Å²) in [5.74, 6) is 0.389. The molecule has 0 aromatic carbocycles. The van der Waals surface area contributed by atoms with Gasteiger partial charge >= 0.3 is 0 Å². The smallest absolute Gasteiger partial charge is 0.176 e. The van der Waals surface area contributed by atoms with Crippen molar-refractivity contribution >= 4 is 0 Å². The van der Waals surface area contributed by atoms with Crippen LogP contribution in [0.2, 0.25) is 0 Å². The van der Waals surface area contributed by atoms with Crippen molar-refractivity contribution in [2.75, 3.05) is 0 Å². The van der Waals surface area contributed by atoms with Crippen molar-refractivity contribution in [2.45, 2.75) is 19.6 Å². The molecule has 6 nitrogen and oxygen atoms in total. The van der Waals surface area contributed by atoms with Crippen LogP contribution in [0.4, 0.5) is 0 Å². The third-order valence-corrected chi connectivity index (χ3v) is 1.18. The lowest BCUT2D eigenvalue weighted by molar-refractivity contribution is 0.262. The van der Waals surface area contributed by atoms with Gasteiger partial charge in [-0.3, -0.25) is 0 Å². The first kappa shape index (κ1) is 7.63. The van der Waals surface area contributed by atoms with E-state index in [1.807, 2.05) is 6.07 Å². The average Bonchev–Trinajstić information content (AvgIpc) is 2.47. The molecule has 0 saturated heterocycles. The van der Waals surface area contributed by atoms with Gasteiger partial charge in [0.15, 0.2) is 5.82 Å². The quantitative estimate of drug-likeness (QED) is 0.606. The van der Waals surface area contributed by atoms with E-state index in [1.54, 1.807) is 0 Å². The second-order valence-corrected chi connectivity index (χ2v) is 1.88. The highest BCUT2D eigenvalue weighted by Crippen LogP contribution is 1.92. The Hall–Kier alpha value is -1.48. The van der Waals surface area contributed by atoms with Crippen LogP contribution in [0.25, 0.3) is 0 Å². The predicted molar refractivity (Wildman–Crippen MR) is 34.0 cm³/mol. The molecule has 1 N–H and O–H groups in total. The minimum atomic E-state index is -0.196. The Labute approximate surface area is 63.1 Å². The minimum absolute atomic E-state index is 0.196. The highest BCUT2D eigenvalue weighted by molar-refractivity contribution is 4.78. The molecule has 0 radical (unpaired) electrons. The van der Waals surface area contributed by atoms with Crippen molar-refractivity contribution < 1.29 is 5.11 Å². The molecule has 1 aromatic rings. The summed E-state index contributed by atoms with van der Waals surface area (Å²) < 4.78 is 1.41. The number of hydrogen-bond donors (Lipinski definition) is 1. The zero-order valence-electron chi connectivity index (χ0n) is 5.80. The molecule has 0 saturated carbocycles. The monoisotopic (exact) mass is 153 g/mol. The number of tetrazole rings is 1. The van der Waals surface area contributed by atoms with Crippen molar-refractivity contribution in [3.63, 3.8) is 0 Å². The van der Waals surface area contributed by atoms with Crippen LogP contribution in [-0.2, 0) is 13.2 Å². The molecule has 0 spiro atoms. The van der Waals surface area contributed by atoms with Crippen LogP contribution < -0.4 is 0 Å². The number of aryl methyl sites for hydroxylation is 1. The number of nitrogens with zero attached hydrogens (tertiary/aromatic N) is 5. The fraction of sp³-hybridized carbons (Fsp3) is 0.600. The number of aromatic nitrogens is 4. The van der Waals surface area contributed by atoms with Crippen LogP contribution in [0.1, 0.15) is 12.2 Å². The molecule has 6 heteroatoms. The number of nitriles is 1. The van der Waals surface area contributed by atoms with Crippen LogP contribution in [0.15, 0.2) is 0 Å². The van der Waals surface area contributed by atoms with Gasteiger partial charge in [-0.05, 0) is 10.4 Å². The normalized spacial score (nSPS) is 9.45. The molecule has 0 aliphatic heterocycles. The minimum Gasteiger partial charge on any atom is -0.388 e. The van der Waals surface area contributed by atoms with Gasteiger partial charge in [-0.2, -0.15) is 5.26 Å². The van der Waals surface area contributed by atoms with Crippen LogP contribution in [0.3, 0.4) is 0 Å². The lowest BCUT2D eigenvalue weighted by atomic mass is 10.4. The first-order valence-corrected chi connectivity index (χ1v) is 3.11. The Balaban J connectivity index is 2.62. The molecule has 58 valence electrons. The largest absolute Gasteiger partial charge is 0.388 e. The van der Waals surface area contributed by atoms with Crippen molar-refractivity contribution in [3.05, 3.63) is 5.82 Å². The number of aliphatic hydroxyl groups is 1. The Morgan fingerprint density at radius 1 is 1.64 bits per heavy atom. The second-order valence-electron chi connectivity index (χ2n) is 1.88. The van der Waals surface area contributed by atoms with Crippen LogP contribution >= 0.6 is 0 Å². The SMILES string of the molecule is N#CCCn1nnnc1CO. The van der Waals surface area contributed by atoms with E-state index in [0.29, 0.717) is 18.8 Å². The van der Waals surface area contributed by atoms with E-state index in [1.165, 1.54) is 4.68 Å². The molecule has 1 rings (SSSR count). The topological polar surface area (TPSA) is 87.6 Å². The van der Waals surface area contributed by atoms with Crippen molar-refractivity contribution in [1.82, 2.24) is 20.2 Å². The van der Waals surface area contributed by atoms with Crippen LogP contribution in [-0.4, -0.2) is 25.3 Å². The average molecular weight is 153 g/mol. The van der Waals surface area contributed by atoms with Crippen LogP contribution in [0.5, 0.6) is 0 Å². The molecule has 0 amide bonds. The Kier molecular flexibility index (Phi) is 2.52. The number of aliphatic hydroxyl groups excluding tert-OH is 1. The molecule has 11 heavy (non-hydrogen) atoms. The van der Waals surface area contributed by atoms with Gasteiger partial charge in [0.2, 0.25) is 0 Å². The van der Waals surface area contributed by atoms with E-state index in [2.05, 4.69) is 15.5 Å². The lowest BCUT2D eigenvalue weighted by Crippen LogP contribution is -2.05. The lowest BCUT2D eigenvalue weighted by Gasteiger charge is -1.95. The molecule has 0 atom stereocenters. The summed E-state index contributed by atoms with van der Waals surface area (Å²) in [6.07, 6.45) is 0.345. The summed E-state index contributed by atoms with van der Waals surface area (Å²) in [4.78, 5) is 0. The van der Waals surface area contributed by atoms with Crippen molar-refractivity contribution in [3.8, 4) is 6.07 Å². The fourth-order valence-corrected chi connectivity index (χ4v) is 0.666. The Bertz CT molecular complexity index is 262. The van der Waals surface area contributed by atoms with Gasteiger partial charge in [0.25, 0.3) is 0 Å². The van der Waals surface area contributed by atoms with Gasteiger partial charge in [0.05, 0.1) is 19.0 Å². The zero-order chi connectivity index (χ0) is 8.10. The highest BCUT2D eigenvalue weighted by atomic mass is 16.3. The molecule has 1 heterocycles. The molecule has 0 aliphatic carbocycles. The maximum absolute atomic E-state index is 8.66. The molecule has 0 unspecified atom stereocenters. The van der Waals surface area contributed by atoms with E-state index < -0.39 is 0 Å². The maximum atomic E-state index is 8.66. The fourth-order valence-electron chi connectivity index (χ4n) is 0.666. The summed E-state index contributed by atoms with van der Waals surface area (Å²) in [6.45, 7) is 0.234. The van der Waals surface area contributed by atoms with Gasteiger partial charge in [-0.15, -0.1) is 5.10 Å². The molecular formula is C5H7N5O. The van der Waals surface area contributed by atoms with Crippen LogP contribution in [0, 0.1) is 11.3 Å². The molecule has 1 aromatic heterocycles. The second kappa shape index (κ2) is 3.63. The molecule has 0 aliphatic rings. The Morgan fingerprint density at radius 2 is 2.45 bits per heavy atom. The van der Waals surface area contributed by atoms with E-state index in [-0.39, 0.29) is 6.61 Å². The van der Waals surface area contributed by atoms with E-state index in [9.17, 15) is 0 Å². The summed E-state index contributed by atoms with van der Waals surface area (Å²) in [7, 11) is 0. The van der Waals surface area contributed by atoms with Crippen molar-refractivity contribution in [1.29, 1.82) is 5.26 Å². The molecule has 0 fully saturated rings. The summed E-state index contributed by atoms with van der Waals surface area (Å²) in [5, 5.41) is 27.3.